The fourth-order valence-electron chi connectivity index (χ4n) is 1.63. The number of amides is 1. The zero-order valence-corrected chi connectivity index (χ0v) is 11.6. The molecule has 0 fully saturated rings. The van der Waals surface area contributed by atoms with E-state index >= 15 is 0 Å². The molecule has 0 spiro atoms. The number of carbonyl (C=O) groups is 1. The second-order valence-corrected chi connectivity index (χ2v) is 4.12. The molecule has 0 radical (unpaired) electrons. The second kappa shape index (κ2) is 6.21. The van der Waals surface area contributed by atoms with Crippen molar-refractivity contribution in [2.45, 2.75) is 0 Å². The Labute approximate surface area is 120 Å². The van der Waals surface area contributed by atoms with Crippen LogP contribution in [0.25, 0.3) is 0 Å². The van der Waals surface area contributed by atoms with E-state index in [9.17, 15) is 4.79 Å². The number of nitrogens with zero attached hydrogens (tertiary/aromatic N) is 2. The van der Waals surface area contributed by atoms with E-state index in [1.54, 1.807) is 24.3 Å². The highest BCUT2D eigenvalue weighted by atomic mass is 35.5. The third-order valence-electron chi connectivity index (χ3n) is 2.52. The van der Waals surface area contributed by atoms with Gasteiger partial charge in [0.25, 0.3) is 5.91 Å². The molecule has 1 aromatic carbocycles. The molecule has 2 rings (SSSR count). The molecule has 1 N–H and O–H groups in total. The minimum Gasteiger partial charge on any atom is -0.493 e. The molecule has 1 amide bonds. The summed E-state index contributed by atoms with van der Waals surface area (Å²) in [6.45, 7) is 0. The van der Waals surface area contributed by atoms with Gasteiger partial charge in [-0.15, -0.1) is 10.2 Å². The Bertz CT molecular complexity index is 617. The number of methoxy groups -OCH3 is 2. The quantitative estimate of drug-likeness (QED) is 0.937. The number of carbonyl (C=O) groups excluding carboxylic acids is 1. The standard InChI is InChI=1S/C13H12ClN3O3/c1-19-9-5-3-4-8(12(9)20-2)13(18)15-11-7-6-10(14)16-17-11/h3-7H,1-2H3,(H,15,17,18). The van der Waals surface area contributed by atoms with E-state index in [4.69, 9.17) is 21.1 Å². The molecule has 0 atom stereocenters. The fraction of sp³-hybridized carbons (Fsp3) is 0.154. The number of aromatic nitrogens is 2. The summed E-state index contributed by atoms with van der Waals surface area (Å²) in [7, 11) is 2.97. The van der Waals surface area contributed by atoms with Gasteiger partial charge in [-0.3, -0.25) is 4.79 Å². The van der Waals surface area contributed by atoms with Gasteiger partial charge in [0.15, 0.2) is 22.5 Å². The Morgan fingerprint density at radius 2 is 1.95 bits per heavy atom. The van der Waals surface area contributed by atoms with Crippen LogP contribution in [-0.4, -0.2) is 30.3 Å². The zero-order chi connectivity index (χ0) is 14.5. The molecular weight excluding hydrogens is 282 g/mol. The number of hydrogen-bond acceptors (Lipinski definition) is 5. The number of nitrogens with one attached hydrogen (secondary N) is 1. The number of para-hydroxylation sites is 1. The van der Waals surface area contributed by atoms with Gasteiger partial charge in [-0.25, -0.2) is 0 Å². The molecule has 7 heteroatoms. The molecule has 0 bridgehead atoms. The lowest BCUT2D eigenvalue weighted by Gasteiger charge is -2.12. The Kier molecular flexibility index (Phi) is 4.37. The van der Waals surface area contributed by atoms with Gasteiger partial charge in [-0.1, -0.05) is 17.7 Å². The molecule has 104 valence electrons. The SMILES string of the molecule is COc1cccc(C(=O)Nc2ccc(Cl)nn2)c1OC. The molecule has 0 aliphatic carbocycles. The summed E-state index contributed by atoms with van der Waals surface area (Å²) >= 11 is 5.63. The monoisotopic (exact) mass is 293 g/mol. The van der Waals surface area contributed by atoms with Crippen LogP contribution in [0.3, 0.4) is 0 Å². The van der Waals surface area contributed by atoms with Crippen LogP contribution in [0.5, 0.6) is 11.5 Å². The summed E-state index contributed by atoms with van der Waals surface area (Å²) in [6, 6.07) is 8.12. The minimum atomic E-state index is -0.377. The van der Waals surface area contributed by atoms with E-state index in [2.05, 4.69) is 15.5 Å². The Balaban J connectivity index is 2.27. The van der Waals surface area contributed by atoms with Gasteiger partial charge >= 0.3 is 0 Å². The third-order valence-corrected chi connectivity index (χ3v) is 2.72. The summed E-state index contributed by atoms with van der Waals surface area (Å²) in [5.74, 6) is 0.749. The molecule has 0 aliphatic rings. The number of anilines is 1. The van der Waals surface area contributed by atoms with Crippen molar-refractivity contribution < 1.29 is 14.3 Å². The molecule has 0 saturated heterocycles. The summed E-state index contributed by atoms with van der Waals surface area (Å²) in [4.78, 5) is 12.2. The van der Waals surface area contributed by atoms with E-state index in [0.717, 1.165) is 0 Å². The molecule has 1 heterocycles. The van der Waals surface area contributed by atoms with Crippen molar-refractivity contribution in [2.75, 3.05) is 19.5 Å². The maximum absolute atomic E-state index is 12.2. The first-order valence-electron chi connectivity index (χ1n) is 5.67. The van der Waals surface area contributed by atoms with E-state index in [-0.39, 0.29) is 11.1 Å². The lowest BCUT2D eigenvalue weighted by molar-refractivity contribution is 0.102. The lowest BCUT2D eigenvalue weighted by Crippen LogP contribution is -2.14. The number of ether oxygens (including phenoxy) is 2. The van der Waals surface area contributed by atoms with E-state index in [1.807, 2.05) is 0 Å². The fourth-order valence-corrected chi connectivity index (χ4v) is 1.73. The highest BCUT2D eigenvalue weighted by molar-refractivity contribution is 6.29. The third kappa shape index (κ3) is 2.97. The van der Waals surface area contributed by atoms with Gasteiger partial charge in [0.2, 0.25) is 0 Å². The summed E-state index contributed by atoms with van der Waals surface area (Å²) in [5.41, 5.74) is 0.337. The van der Waals surface area contributed by atoms with Crippen LogP contribution in [0.4, 0.5) is 5.82 Å². The lowest BCUT2D eigenvalue weighted by atomic mass is 10.1. The normalized spacial score (nSPS) is 9.95. The van der Waals surface area contributed by atoms with Crippen molar-refractivity contribution >= 4 is 23.3 Å². The first-order chi connectivity index (χ1) is 9.65. The van der Waals surface area contributed by atoms with Crippen molar-refractivity contribution in [1.82, 2.24) is 10.2 Å². The second-order valence-electron chi connectivity index (χ2n) is 3.74. The molecule has 0 saturated carbocycles. The summed E-state index contributed by atoms with van der Waals surface area (Å²) in [5, 5.41) is 10.3. The number of rotatable bonds is 4. The minimum absolute atomic E-state index is 0.252. The Morgan fingerprint density at radius 3 is 2.55 bits per heavy atom. The van der Waals surface area contributed by atoms with Crippen molar-refractivity contribution in [3.63, 3.8) is 0 Å². The molecule has 2 aromatic rings. The maximum Gasteiger partial charge on any atom is 0.260 e. The summed E-state index contributed by atoms with van der Waals surface area (Å²) in [6.07, 6.45) is 0. The molecule has 6 nitrogen and oxygen atoms in total. The topological polar surface area (TPSA) is 73.3 Å². The first kappa shape index (κ1) is 14.1. The van der Waals surface area contributed by atoms with Crippen LogP contribution in [0.2, 0.25) is 5.15 Å². The highest BCUT2D eigenvalue weighted by Crippen LogP contribution is 2.30. The predicted octanol–water partition coefficient (Wildman–Crippen LogP) is 2.40. The van der Waals surface area contributed by atoms with Crippen LogP contribution >= 0.6 is 11.6 Å². The van der Waals surface area contributed by atoms with Crippen molar-refractivity contribution in [3.05, 3.63) is 41.0 Å². The molecule has 1 aromatic heterocycles. The van der Waals surface area contributed by atoms with Gasteiger partial charge in [-0.05, 0) is 24.3 Å². The van der Waals surface area contributed by atoms with E-state index in [0.29, 0.717) is 22.9 Å². The average Bonchev–Trinajstić information content (AvgIpc) is 2.48. The smallest absolute Gasteiger partial charge is 0.260 e. The molecular formula is C13H12ClN3O3. The maximum atomic E-state index is 12.2. The molecule has 20 heavy (non-hydrogen) atoms. The van der Waals surface area contributed by atoms with Crippen LogP contribution in [-0.2, 0) is 0 Å². The van der Waals surface area contributed by atoms with Crippen LogP contribution in [0, 0.1) is 0 Å². The van der Waals surface area contributed by atoms with E-state index < -0.39 is 0 Å². The Hall–Kier alpha value is -2.34. The van der Waals surface area contributed by atoms with Gasteiger partial charge in [0.05, 0.1) is 19.8 Å². The predicted molar refractivity (Wildman–Crippen MR) is 74.5 cm³/mol. The molecule has 0 unspecified atom stereocenters. The first-order valence-corrected chi connectivity index (χ1v) is 6.05. The number of hydrogen-bond donors (Lipinski definition) is 1. The zero-order valence-electron chi connectivity index (χ0n) is 10.9. The van der Waals surface area contributed by atoms with Gasteiger partial charge < -0.3 is 14.8 Å². The van der Waals surface area contributed by atoms with E-state index in [1.165, 1.54) is 20.3 Å². The van der Waals surface area contributed by atoms with Crippen molar-refractivity contribution in [2.24, 2.45) is 0 Å². The highest BCUT2D eigenvalue weighted by Gasteiger charge is 2.16. The van der Waals surface area contributed by atoms with Crippen molar-refractivity contribution in [1.29, 1.82) is 0 Å². The van der Waals surface area contributed by atoms with Gasteiger partial charge in [-0.2, -0.15) is 0 Å². The average molecular weight is 294 g/mol. The van der Waals surface area contributed by atoms with Crippen LogP contribution in [0.1, 0.15) is 10.4 Å². The van der Waals surface area contributed by atoms with Gasteiger partial charge in [0.1, 0.15) is 0 Å². The van der Waals surface area contributed by atoms with Crippen LogP contribution in [0.15, 0.2) is 30.3 Å². The number of benzene rings is 1. The molecule has 0 aliphatic heterocycles. The summed E-state index contributed by atoms with van der Waals surface area (Å²) < 4.78 is 10.3. The largest absolute Gasteiger partial charge is 0.493 e. The van der Waals surface area contributed by atoms with Gasteiger partial charge in [0, 0.05) is 0 Å². The van der Waals surface area contributed by atoms with Crippen molar-refractivity contribution in [3.8, 4) is 11.5 Å². The Morgan fingerprint density at radius 1 is 1.15 bits per heavy atom. The van der Waals surface area contributed by atoms with Crippen LogP contribution < -0.4 is 14.8 Å². The number of halogens is 1.